The van der Waals surface area contributed by atoms with E-state index in [1.54, 1.807) is 0 Å². The first-order valence-corrected chi connectivity index (χ1v) is 8.10. The maximum Gasteiger partial charge on any atom is 0.273 e. The highest BCUT2D eigenvalue weighted by molar-refractivity contribution is 5.93. The van der Waals surface area contributed by atoms with Crippen LogP contribution >= 0.6 is 0 Å². The SMILES string of the molecule is O=C(NCC1CCCCC1)c1noc2c1CCCCC2. The summed E-state index contributed by atoms with van der Waals surface area (Å²) in [5, 5.41) is 7.08. The highest BCUT2D eigenvalue weighted by atomic mass is 16.5. The number of aromatic nitrogens is 1. The molecule has 0 spiro atoms. The van der Waals surface area contributed by atoms with Crippen molar-refractivity contribution in [3.63, 3.8) is 0 Å². The van der Waals surface area contributed by atoms with Gasteiger partial charge in [-0.25, -0.2) is 0 Å². The normalized spacial score (nSPS) is 20.2. The van der Waals surface area contributed by atoms with Gasteiger partial charge in [0.2, 0.25) is 0 Å². The van der Waals surface area contributed by atoms with Crippen molar-refractivity contribution in [3.8, 4) is 0 Å². The number of hydrogen-bond donors (Lipinski definition) is 1. The summed E-state index contributed by atoms with van der Waals surface area (Å²) in [7, 11) is 0. The molecule has 1 saturated carbocycles. The Morgan fingerprint density at radius 1 is 1.10 bits per heavy atom. The monoisotopic (exact) mass is 276 g/mol. The summed E-state index contributed by atoms with van der Waals surface area (Å²) in [5.74, 6) is 1.55. The van der Waals surface area contributed by atoms with Gasteiger partial charge in [0.15, 0.2) is 5.69 Å². The fourth-order valence-corrected chi connectivity index (χ4v) is 3.45. The van der Waals surface area contributed by atoms with Crippen molar-refractivity contribution in [1.29, 1.82) is 0 Å². The van der Waals surface area contributed by atoms with E-state index in [1.807, 2.05) is 0 Å². The lowest BCUT2D eigenvalue weighted by Gasteiger charge is -2.21. The standard InChI is InChI=1S/C16H24N2O2/c19-16(17-11-12-7-3-1-4-8-12)15-13-9-5-2-6-10-14(13)20-18-15/h12H,1-11H2,(H,17,19). The van der Waals surface area contributed by atoms with Gasteiger partial charge in [-0.2, -0.15) is 0 Å². The van der Waals surface area contributed by atoms with Crippen LogP contribution in [-0.2, 0) is 12.8 Å². The number of rotatable bonds is 3. The van der Waals surface area contributed by atoms with Gasteiger partial charge in [0.25, 0.3) is 5.91 Å². The van der Waals surface area contributed by atoms with E-state index in [9.17, 15) is 4.79 Å². The largest absolute Gasteiger partial charge is 0.360 e. The van der Waals surface area contributed by atoms with E-state index in [4.69, 9.17) is 4.52 Å². The number of aryl methyl sites for hydroxylation is 1. The van der Waals surface area contributed by atoms with E-state index >= 15 is 0 Å². The molecule has 1 aromatic heterocycles. The molecule has 1 amide bonds. The Hall–Kier alpha value is -1.32. The Balaban J connectivity index is 1.60. The van der Waals surface area contributed by atoms with Crippen LogP contribution in [0.15, 0.2) is 4.52 Å². The van der Waals surface area contributed by atoms with Crippen molar-refractivity contribution in [1.82, 2.24) is 10.5 Å². The van der Waals surface area contributed by atoms with Gasteiger partial charge in [-0.05, 0) is 38.0 Å². The third kappa shape index (κ3) is 3.05. The van der Waals surface area contributed by atoms with Crippen molar-refractivity contribution >= 4 is 5.91 Å². The predicted octanol–water partition coefficient (Wildman–Crippen LogP) is 3.25. The second-order valence-corrected chi connectivity index (χ2v) is 6.21. The minimum Gasteiger partial charge on any atom is -0.360 e. The molecule has 2 aliphatic rings. The van der Waals surface area contributed by atoms with E-state index in [0.29, 0.717) is 11.6 Å². The van der Waals surface area contributed by atoms with Gasteiger partial charge in [0.05, 0.1) is 0 Å². The number of hydrogen-bond acceptors (Lipinski definition) is 3. The summed E-state index contributed by atoms with van der Waals surface area (Å²) in [6.45, 7) is 0.792. The smallest absolute Gasteiger partial charge is 0.273 e. The third-order valence-corrected chi connectivity index (χ3v) is 4.69. The Morgan fingerprint density at radius 2 is 1.85 bits per heavy atom. The molecular formula is C16H24N2O2. The van der Waals surface area contributed by atoms with Crippen molar-refractivity contribution in [3.05, 3.63) is 17.0 Å². The number of nitrogens with one attached hydrogen (secondary N) is 1. The highest BCUT2D eigenvalue weighted by Gasteiger charge is 2.23. The van der Waals surface area contributed by atoms with E-state index in [1.165, 1.54) is 38.5 Å². The van der Waals surface area contributed by atoms with E-state index < -0.39 is 0 Å². The first-order valence-electron chi connectivity index (χ1n) is 8.10. The fraction of sp³-hybridized carbons (Fsp3) is 0.750. The molecule has 4 heteroatoms. The fourth-order valence-electron chi connectivity index (χ4n) is 3.45. The van der Waals surface area contributed by atoms with Gasteiger partial charge < -0.3 is 9.84 Å². The lowest BCUT2D eigenvalue weighted by atomic mass is 9.89. The number of carbonyl (C=O) groups excluding carboxylic acids is 1. The lowest BCUT2D eigenvalue weighted by molar-refractivity contribution is 0.0933. The third-order valence-electron chi connectivity index (χ3n) is 4.69. The van der Waals surface area contributed by atoms with Crippen LogP contribution in [0.25, 0.3) is 0 Å². The zero-order valence-corrected chi connectivity index (χ0v) is 12.1. The molecule has 1 aromatic rings. The maximum atomic E-state index is 12.3. The van der Waals surface area contributed by atoms with Crippen molar-refractivity contribution in [2.24, 2.45) is 5.92 Å². The Bertz CT molecular complexity index is 461. The average molecular weight is 276 g/mol. The molecule has 20 heavy (non-hydrogen) atoms. The number of fused-ring (bicyclic) bond motifs is 1. The molecule has 0 bridgehead atoms. The van der Waals surface area contributed by atoms with Crippen LogP contribution in [0.4, 0.5) is 0 Å². The molecule has 1 fully saturated rings. The van der Waals surface area contributed by atoms with Crippen LogP contribution in [-0.4, -0.2) is 17.6 Å². The van der Waals surface area contributed by atoms with Crippen LogP contribution in [0.2, 0.25) is 0 Å². The van der Waals surface area contributed by atoms with Crippen LogP contribution in [0.3, 0.4) is 0 Å². The predicted molar refractivity (Wildman–Crippen MR) is 76.7 cm³/mol. The first-order chi connectivity index (χ1) is 9.84. The summed E-state index contributed by atoms with van der Waals surface area (Å²) >= 11 is 0. The zero-order valence-electron chi connectivity index (χ0n) is 12.1. The Kier molecular flexibility index (Phi) is 4.38. The maximum absolute atomic E-state index is 12.3. The Labute approximate surface area is 120 Å². The summed E-state index contributed by atoms with van der Waals surface area (Å²) in [6.07, 6.45) is 11.8. The minimum absolute atomic E-state index is 0.0394. The van der Waals surface area contributed by atoms with E-state index in [-0.39, 0.29) is 5.91 Å². The molecule has 0 saturated heterocycles. The second-order valence-electron chi connectivity index (χ2n) is 6.21. The van der Waals surface area contributed by atoms with Crippen molar-refractivity contribution < 1.29 is 9.32 Å². The molecule has 1 heterocycles. The van der Waals surface area contributed by atoms with Crippen molar-refractivity contribution in [2.45, 2.75) is 64.2 Å². The van der Waals surface area contributed by atoms with Gasteiger partial charge in [0.1, 0.15) is 5.76 Å². The molecule has 0 radical (unpaired) electrons. The molecular weight excluding hydrogens is 252 g/mol. The van der Waals surface area contributed by atoms with Crippen molar-refractivity contribution in [2.75, 3.05) is 6.54 Å². The van der Waals surface area contributed by atoms with Gasteiger partial charge in [0, 0.05) is 18.5 Å². The van der Waals surface area contributed by atoms with Gasteiger partial charge >= 0.3 is 0 Å². The molecule has 0 aromatic carbocycles. The quantitative estimate of drug-likeness (QED) is 0.862. The number of nitrogens with zero attached hydrogens (tertiary/aromatic N) is 1. The molecule has 4 nitrogen and oxygen atoms in total. The first kappa shape index (κ1) is 13.7. The van der Waals surface area contributed by atoms with Gasteiger partial charge in [-0.15, -0.1) is 0 Å². The molecule has 2 aliphatic carbocycles. The minimum atomic E-state index is -0.0394. The van der Waals surface area contributed by atoms with Gasteiger partial charge in [-0.1, -0.05) is 30.8 Å². The van der Waals surface area contributed by atoms with Crippen LogP contribution in [0.1, 0.15) is 73.2 Å². The van der Waals surface area contributed by atoms with Crippen LogP contribution in [0.5, 0.6) is 0 Å². The molecule has 0 unspecified atom stereocenters. The van der Waals surface area contributed by atoms with Crippen LogP contribution < -0.4 is 5.32 Å². The number of amides is 1. The molecule has 0 aliphatic heterocycles. The average Bonchev–Trinajstić information content (AvgIpc) is 2.75. The molecule has 3 rings (SSSR count). The lowest BCUT2D eigenvalue weighted by Crippen LogP contribution is -2.31. The molecule has 0 atom stereocenters. The van der Waals surface area contributed by atoms with E-state index in [2.05, 4.69) is 10.5 Å². The summed E-state index contributed by atoms with van der Waals surface area (Å²) in [4.78, 5) is 12.3. The van der Waals surface area contributed by atoms with E-state index in [0.717, 1.165) is 43.6 Å². The summed E-state index contributed by atoms with van der Waals surface area (Å²) in [6, 6.07) is 0. The summed E-state index contributed by atoms with van der Waals surface area (Å²) < 4.78 is 5.37. The summed E-state index contributed by atoms with van der Waals surface area (Å²) in [5.41, 5.74) is 1.60. The zero-order chi connectivity index (χ0) is 13.8. The van der Waals surface area contributed by atoms with Gasteiger partial charge in [-0.3, -0.25) is 4.79 Å². The number of carbonyl (C=O) groups is 1. The Morgan fingerprint density at radius 3 is 2.70 bits per heavy atom. The topological polar surface area (TPSA) is 55.1 Å². The van der Waals surface area contributed by atoms with Crippen LogP contribution in [0, 0.1) is 5.92 Å². The highest BCUT2D eigenvalue weighted by Crippen LogP contribution is 2.25. The molecule has 1 N–H and O–H groups in total. The molecule has 110 valence electrons. The second kappa shape index (κ2) is 6.42.